The Kier molecular flexibility index (Phi) is 6.86. The van der Waals surface area contributed by atoms with Crippen LogP contribution in [0.2, 0.25) is 0 Å². The number of amides is 2. The summed E-state index contributed by atoms with van der Waals surface area (Å²) in [6, 6.07) is 18.6. The van der Waals surface area contributed by atoms with Crippen molar-refractivity contribution in [2.24, 2.45) is 0 Å². The van der Waals surface area contributed by atoms with E-state index < -0.39 is 27.1 Å². The number of anilines is 2. The van der Waals surface area contributed by atoms with Crippen molar-refractivity contribution in [1.82, 2.24) is 0 Å². The maximum atomic E-state index is 12.5. The van der Waals surface area contributed by atoms with Crippen LogP contribution >= 0.6 is 0 Å². The molecule has 10 nitrogen and oxygen atoms in total. The normalized spacial score (nSPS) is 10.2. The first-order valence-corrected chi connectivity index (χ1v) is 9.51. The molecule has 0 spiro atoms. The number of rotatable bonds is 8. The van der Waals surface area contributed by atoms with Crippen molar-refractivity contribution in [3.8, 4) is 0 Å². The molecule has 0 fully saturated rings. The Hall–Kier alpha value is -4.60. The quantitative estimate of drug-likeness (QED) is 0.399. The zero-order valence-corrected chi connectivity index (χ0v) is 16.7. The summed E-state index contributed by atoms with van der Waals surface area (Å²) in [5.74, 6) is -1.01. The summed E-state index contributed by atoms with van der Waals surface area (Å²) in [5, 5.41) is 27.3. The number of nitro groups is 2. The topological polar surface area (TPSA) is 144 Å². The van der Waals surface area contributed by atoms with E-state index in [9.17, 15) is 29.8 Å². The Morgan fingerprint density at radius 2 is 1.47 bits per heavy atom. The van der Waals surface area contributed by atoms with Crippen LogP contribution in [0.3, 0.4) is 0 Å². The summed E-state index contributed by atoms with van der Waals surface area (Å²) >= 11 is 0. The van der Waals surface area contributed by atoms with Crippen LogP contribution in [0.1, 0.15) is 22.3 Å². The zero-order chi connectivity index (χ0) is 23.1. The van der Waals surface area contributed by atoms with Crippen molar-refractivity contribution in [3.63, 3.8) is 0 Å². The fraction of sp³-hybridized carbons (Fsp3) is 0.0909. The molecule has 0 saturated carbocycles. The van der Waals surface area contributed by atoms with Gasteiger partial charge in [-0.15, -0.1) is 0 Å². The SMILES string of the molecule is O=C(CCc1ccccc1)Nc1cccc(NC(=O)c2ccc([N+](=O)[O-])cc2[N+](=O)[O-])c1. The Morgan fingerprint density at radius 3 is 2.12 bits per heavy atom. The molecule has 0 aliphatic rings. The van der Waals surface area contributed by atoms with Gasteiger partial charge >= 0.3 is 0 Å². The second kappa shape index (κ2) is 9.94. The van der Waals surface area contributed by atoms with Crippen LogP contribution < -0.4 is 10.6 Å². The predicted octanol–water partition coefficient (Wildman–Crippen LogP) is 4.33. The molecule has 2 amide bonds. The summed E-state index contributed by atoms with van der Waals surface area (Å²) in [7, 11) is 0. The van der Waals surface area contributed by atoms with Crippen LogP contribution in [0.25, 0.3) is 0 Å². The summed E-state index contributed by atoms with van der Waals surface area (Å²) in [4.78, 5) is 45.2. The molecule has 0 unspecified atom stereocenters. The lowest BCUT2D eigenvalue weighted by atomic mass is 10.1. The smallest absolute Gasteiger partial charge is 0.289 e. The molecule has 0 bridgehead atoms. The highest BCUT2D eigenvalue weighted by atomic mass is 16.6. The van der Waals surface area contributed by atoms with Crippen molar-refractivity contribution >= 4 is 34.6 Å². The van der Waals surface area contributed by atoms with E-state index in [0.29, 0.717) is 17.8 Å². The number of carbonyl (C=O) groups is 2. The lowest BCUT2D eigenvalue weighted by Gasteiger charge is -2.09. The molecule has 2 N–H and O–H groups in total. The van der Waals surface area contributed by atoms with E-state index in [1.807, 2.05) is 30.3 Å². The number of hydrogen-bond donors (Lipinski definition) is 2. The third-order valence-corrected chi connectivity index (χ3v) is 4.52. The van der Waals surface area contributed by atoms with Gasteiger partial charge in [0.05, 0.1) is 15.9 Å². The molecule has 0 atom stereocenters. The Bertz CT molecular complexity index is 1180. The number of non-ortho nitro benzene ring substituents is 1. The van der Waals surface area contributed by atoms with Gasteiger partial charge in [-0.05, 0) is 36.2 Å². The minimum Gasteiger partial charge on any atom is -0.326 e. The Morgan fingerprint density at radius 1 is 0.781 bits per heavy atom. The Labute approximate surface area is 182 Å². The standard InChI is InChI=1S/C22H18N4O6/c27-21(12-9-15-5-2-1-3-6-15)23-16-7-4-8-17(13-16)24-22(28)19-11-10-18(25(29)30)14-20(19)26(31)32/h1-8,10-11,13-14H,9,12H2,(H,23,27)(H,24,28). The third-order valence-electron chi connectivity index (χ3n) is 4.52. The molecule has 10 heteroatoms. The number of aryl methyl sites for hydroxylation is 1. The van der Waals surface area contributed by atoms with Crippen molar-refractivity contribution in [2.45, 2.75) is 12.8 Å². The molecule has 3 aromatic carbocycles. The van der Waals surface area contributed by atoms with Gasteiger partial charge in [0.1, 0.15) is 5.56 Å². The number of hydrogen-bond acceptors (Lipinski definition) is 6. The molecule has 3 aromatic rings. The van der Waals surface area contributed by atoms with Crippen LogP contribution in [-0.2, 0) is 11.2 Å². The van der Waals surface area contributed by atoms with Crippen molar-refractivity contribution in [1.29, 1.82) is 0 Å². The summed E-state index contributed by atoms with van der Waals surface area (Å²) in [6.07, 6.45) is 0.850. The van der Waals surface area contributed by atoms with Gasteiger partial charge < -0.3 is 10.6 Å². The molecular formula is C22H18N4O6. The zero-order valence-electron chi connectivity index (χ0n) is 16.7. The molecule has 3 rings (SSSR count). The highest BCUT2D eigenvalue weighted by Gasteiger charge is 2.24. The highest BCUT2D eigenvalue weighted by molar-refractivity contribution is 6.07. The first-order chi connectivity index (χ1) is 15.3. The minimum absolute atomic E-state index is 0.205. The van der Waals surface area contributed by atoms with Crippen LogP contribution in [0.4, 0.5) is 22.7 Å². The van der Waals surface area contributed by atoms with Gasteiger partial charge in [0.2, 0.25) is 5.91 Å². The number of nitrogens with zero attached hydrogens (tertiary/aromatic N) is 2. The monoisotopic (exact) mass is 434 g/mol. The molecule has 162 valence electrons. The van der Waals surface area contributed by atoms with Gasteiger partial charge in [-0.3, -0.25) is 29.8 Å². The molecule has 0 heterocycles. The molecular weight excluding hydrogens is 416 g/mol. The predicted molar refractivity (Wildman–Crippen MR) is 118 cm³/mol. The molecule has 0 saturated heterocycles. The molecule has 0 aromatic heterocycles. The maximum absolute atomic E-state index is 12.5. The largest absolute Gasteiger partial charge is 0.326 e. The molecule has 0 aliphatic carbocycles. The minimum atomic E-state index is -0.856. The van der Waals surface area contributed by atoms with E-state index in [1.165, 1.54) is 6.07 Å². The fourth-order valence-electron chi connectivity index (χ4n) is 2.98. The number of carbonyl (C=O) groups excluding carboxylic acids is 2. The summed E-state index contributed by atoms with van der Waals surface area (Å²) in [6.45, 7) is 0. The number of nitrogens with one attached hydrogen (secondary N) is 2. The lowest BCUT2D eigenvalue weighted by molar-refractivity contribution is -0.394. The van der Waals surface area contributed by atoms with Gasteiger partial charge in [-0.25, -0.2) is 0 Å². The van der Waals surface area contributed by atoms with Gasteiger partial charge in [-0.2, -0.15) is 0 Å². The average Bonchev–Trinajstić information content (AvgIpc) is 2.78. The van der Waals surface area contributed by atoms with Crippen LogP contribution in [0, 0.1) is 20.2 Å². The van der Waals surface area contributed by atoms with Crippen LogP contribution in [0.15, 0.2) is 72.8 Å². The van der Waals surface area contributed by atoms with Crippen LogP contribution in [-0.4, -0.2) is 21.7 Å². The first-order valence-electron chi connectivity index (χ1n) is 9.51. The van der Waals surface area contributed by atoms with E-state index in [0.717, 1.165) is 23.8 Å². The second-order valence-electron chi connectivity index (χ2n) is 6.78. The molecule has 0 aliphatic heterocycles. The number of benzene rings is 3. The van der Waals surface area contributed by atoms with E-state index in [-0.39, 0.29) is 17.9 Å². The summed E-state index contributed by atoms with van der Waals surface area (Å²) < 4.78 is 0. The number of nitro benzene ring substituents is 2. The van der Waals surface area contributed by atoms with Gasteiger partial charge in [0.25, 0.3) is 17.3 Å². The fourth-order valence-corrected chi connectivity index (χ4v) is 2.98. The van der Waals surface area contributed by atoms with E-state index in [2.05, 4.69) is 10.6 Å². The average molecular weight is 434 g/mol. The Balaban J connectivity index is 1.68. The third kappa shape index (κ3) is 5.72. The van der Waals surface area contributed by atoms with E-state index in [4.69, 9.17) is 0 Å². The first kappa shape index (κ1) is 22.1. The van der Waals surface area contributed by atoms with Gasteiger partial charge in [0.15, 0.2) is 0 Å². The molecule has 32 heavy (non-hydrogen) atoms. The van der Waals surface area contributed by atoms with E-state index >= 15 is 0 Å². The second-order valence-corrected chi connectivity index (χ2v) is 6.78. The van der Waals surface area contributed by atoms with Crippen molar-refractivity contribution in [2.75, 3.05) is 10.6 Å². The highest BCUT2D eigenvalue weighted by Crippen LogP contribution is 2.26. The van der Waals surface area contributed by atoms with Gasteiger partial charge in [-0.1, -0.05) is 36.4 Å². The molecule has 0 radical (unpaired) electrons. The van der Waals surface area contributed by atoms with Gasteiger partial charge in [0, 0.05) is 23.9 Å². The van der Waals surface area contributed by atoms with E-state index in [1.54, 1.807) is 18.2 Å². The summed E-state index contributed by atoms with van der Waals surface area (Å²) in [5.41, 5.74) is 0.282. The lowest BCUT2D eigenvalue weighted by Crippen LogP contribution is -2.15. The van der Waals surface area contributed by atoms with Crippen molar-refractivity contribution in [3.05, 3.63) is 104 Å². The maximum Gasteiger partial charge on any atom is 0.289 e. The van der Waals surface area contributed by atoms with Crippen LogP contribution in [0.5, 0.6) is 0 Å². The van der Waals surface area contributed by atoms with Crippen molar-refractivity contribution < 1.29 is 19.4 Å².